The highest BCUT2D eigenvalue weighted by Gasteiger charge is 2.61. The molecule has 4 nitrogen and oxygen atoms in total. The molecule has 3 aliphatic heterocycles. The molecule has 0 spiro atoms. The number of carbonyl (C=O) groups excluding carboxylic acids is 2. The van der Waals surface area contributed by atoms with Crippen molar-refractivity contribution in [2.45, 2.75) is 38.4 Å². The molecule has 0 aliphatic carbocycles. The van der Waals surface area contributed by atoms with Crippen molar-refractivity contribution in [2.24, 2.45) is 11.8 Å². The van der Waals surface area contributed by atoms with Crippen molar-refractivity contribution in [3.63, 3.8) is 0 Å². The Morgan fingerprint density at radius 2 is 1.73 bits per heavy atom. The molecule has 2 amide bonds. The lowest BCUT2D eigenvalue weighted by Gasteiger charge is -2.15. The third-order valence-corrected chi connectivity index (χ3v) is 3.82. The van der Waals surface area contributed by atoms with Gasteiger partial charge in [0.15, 0.2) is 0 Å². The average Bonchev–Trinajstić information content (AvgIpc) is 2.87. The van der Waals surface area contributed by atoms with Crippen molar-refractivity contribution in [2.75, 3.05) is 6.54 Å². The van der Waals surface area contributed by atoms with Gasteiger partial charge in [0.05, 0.1) is 24.0 Å². The Kier molecular flexibility index (Phi) is 1.89. The number of nitrogens with zero attached hydrogens (tertiary/aromatic N) is 1. The molecule has 3 fully saturated rings. The van der Waals surface area contributed by atoms with Crippen LogP contribution in [0.3, 0.4) is 0 Å². The van der Waals surface area contributed by atoms with Gasteiger partial charge < -0.3 is 4.74 Å². The number of fused-ring (bicyclic) bond motifs is 5. The van der Waals surface area contributed by atoms with Crippen LogP contribution in [0.1, 0.15) is 26.2 Å². The average molecular weight is 209 g/mol. The molecule has 0 radical (unpaired) electrons. The topological polar surface area (TPSA) is 46.6 Å². The van der Waals surface area contributed by atoms with E-state index in [1.807, 2.05) is 6.92 Å². The molecule has 3 saturated heterocycles. The molecule has 4 atom stereocenters. The molecule has 3 rings (SSSR count). The first-order valence-electron chi connectivity index (χ1n) is 5.74. The van der Waals surface area contributed by atoms with Crippen LogP contribution in [0.4, 0.5) is 0 Å². The summed E-state index contributed by atoms with van der Waals surface area (Å²) in [5.74, 6) is -0.274. The van der Waals surface area contributed by atoms with Crippen LogP contribution in [-0.4, -0.2) is 35.5 Å². The molecule has 0 saturated carbocycles. The monoisotopic (exact) mass is 209 g/mol. The number of rotatable bonds is 2. The van der Waals surface area contributed by atoms with Crippen LogP contribution in [0, 0.1) is 11.8 Å². The van der Waals surface area contributed by atoms with Gasteiger partial charge in [0, 0.05) is 6.54 Å². The van der Waals surface area contributed by atoms with Crippen LogP contribution in [0.15, 0.2) is 0 Å². The molecular formula is C11H15NO3. The number of ether oxygens (including phenoxy) is 1. The summed E-state index contributed by atoms with van der Waals surface area (Å²) in [6.45, 7) is 2.56. The number of carbonyl (C=O) groups is 2. The first kappa shape index (κ1) is 9.33. The van der Waals surface area contributed by atoms with Gasteiger partial charge in [-0.2, -0.15) is 0 Å². The second-order valence-electron chi connectivity index (χ2n) is 4.67. The Labute approximate surface area is 88.6 Å². The zero-order chi connectivity index (χ0) is 10.6. The first-order chi connectivity index (χ1) is 7.24. The van der Waals surface area contributed by atoms with Gasteiger partial charge >= 0.3 is 0 Å². The largest absolute Gasteiger partial charge is 0.373 e. The number of hydrogen-bond donors (Lipinski definition) is 0. The Hall–Kier alpha value is -0.900. The van der Waals surface area contributed by atoms with E-state index >= 15 is 0 Å². The SMILES string of the molecule is CCCN1C(=O)[C@@H]2[C@H](C1=O)[C@@H]1CC[C@H]2O1. The predicted molar refractivity (Wildman–Crippen MR) is 51.9 cm³/mol. The van der Waals surface area contributed by atoms with E-state index in [-0.39, 0.29) is 35.9 Å². The minimum atomic E-state index is -0.150. The van der Waals surface area contributed by atoms with Crippen molar-refractivity contribution in [1.82, 2.24) is 4.90 Å². The fraction of sp³-hybridized carbons (Fsp3) is 0.818. The van der Waals surface area contributed by atoms with E-state index in [0.717, 1.165) is 19.3 Å². The molecule has 0 aromatic carbocycles. The van der Waals surface area contributed by atoms with Gasteiger partial charge in [0.1, 0.15) is 0 Å². The van der Waals surface area contributed by atoms with E-state index in [4.69, 9.17) is 4.74 Å². The summed E-state index contributed by atoms with van der Waals surface area (Å²) in [4.78, 5) is 25.5. The van der Waals surface area contributed by atoms with E-state index in [9.17, 15) is 9.59 Å². The number of hydrogen-bond acceptors (Lipinski definition) is 3. The first-order valence-corrected chi connectivity index (χ1v) is 5.74. The molecule has 3 aliphatic rings. The molecule has 0 unspecified atom stereocenters. The van der Waals surface area contributed by atoms with Crippen LogP contribution in [0.2, 0.25) is 0 Å². The minimum Gasteiger partial charge on any atom is -0.373 e. The Bertz CT molecular complexity index is 300. The fourth-order valence-corrected chi connectivity index (χ4v) is 3.22. The van der Waals surface area contributed by atoms with Gasteiger partial charge in [0.25, 0.3) is 0 Å². The van der Waals surface area contributed by atoms with Crippen LogP contribution >= 0.6 is 0 Å². The lowest BCUT2D eigenvalue weighted by molar-refractivity contribution is -0.142. The summed E-state index contributed by atoms with van der Waals surface area (Å²) >= 11 is 0. The second kappa shape index (κ2) is 3.04. The maximum Gasteiger partial charge on any atom is 0.235 e. The second-order valence-corrected chi connectivity index (χ2v) is 4.67. The number of amides is 2. The van der Waals surface area contributed by atoms with Crippen LogP contribution in [-0.2, 0) is 14.3 Å². The molecular weight excluding hydrogens is 194 g/mol. The van der Waals surface area contributed by atoms with E-state index in [2.05, 4.69) is 0 Å². The predicted octanol–water partition coefficient (Wildman–Crippen LogP) is 0.559. The van der Waals surface area contributed by atoms with Crippen molar-refractivity contribution < 1.29 is 14.3 Å². The van der Waals surface area contributed by atoms with Crippen molar-refractivity contribution in [1.29, 1.82) is 0 Å². The Balaban J connectivity index is 1.90. The summed E-state index contributed by atoms with van der Waals surface area (Å²) in [6.07, 6.45) is 2.79. The number of imide groups is 1. The third kappa shape index (κ3) is 1.06. The van der Waals surface area contributed by atoms with Crippen molar-refractivity contribution in [3.8, 4) is 0 Å². The standard InChI is InChI=1S/C11H15NO3/c1-2-5-12-10(13)8-6-3-4-7(15-6)9(8)11(12)14/h6-9H,2-5H2,1H3/t6-,7+,8+,9-. The lowest BCUT2D eigenvalue weighted by Crippen LogP contribution is -2.34. The molecule has 0 aromatic rings. The molecule has 3 heterocycles. The van der Waals surface area contributed by atoms with Gasteiger partial charge in [-0.15, -0.1) is 0 Å². The van der Waals surface area contributed by atoms with Crippen LogP contribution in [0.5, 0.6) is 0 Å². The fourth-order valence-electron chi connectivity index (χ4n) is 3.22. The Morgan fingerprint density at radius 1 is 1.20 bits per heavy atom. The van der Waals surface area contributed by atoms with E-state index in [1.54, 1.807) is 0 Å². The third-order valence-electron chi connectivity index (χ3n) is 3.82. The highest BCUT2D eigenvalue weighted by molar-refractivity contribution is 6.06. The van der Waals surface area contributed by atoms with E-state index < -0.39 is 0 Å². The quantitative estimate of drug-likeness (QED) is 0.624. The van der Waals surface area contributed by atoms with Crippen molar-refractivity contribution >= 4 is 11.8 Å². The van der Waals surface area contributed by atoms with Gasteiger partial charge in [-0.25, -0.2) is 0 Å². The molecule has 82 valence electrons. The molecule has 0 N–H and O–H groups in total. The van der Waals surface area contributed by atoms with Crippen LogP contribution < -0.4 is 0 Å². The smallest absolute Gasteiger partial charge is 0.235 e. The summed E-state index contributed by atoms with van der Waals surface area (Å²) in [6, 6.07) is 0. The zero-order valence-corrected chi connectivity index (χ0v) is 8.81. The normalized spacial score (nSPS) is 42.9. The molecule has 0 aromatic heterocycles. The minimum absolute atomic E-state index is 0.0130. The van der Waals surface area contributed by atoms with Gasteiger partial charge in [-0.3, -0.25) is 14.5 Å². The highest BCUT2D eigenvalue weighted by Crippen LogP contribution is 2.48. The summed E-state index contributed by atoms with van der Waals surface area (Å²) in [5.41, 5.74) is 0. The zero-order valence-electron chi connectivity index (χ0n) is 8.81. The van der Waals surface area contributed by atoms with Gasteiger partial charge in [-0.05, 0) is 19.3 Å². The lowest BCUT2D eigenvalue weighted by atomic mass is 9.81. The summed E-state index contributed by atoms with van der Waals surface area (Å²) in [5, 5.41) is 0. The Morgan fingerprint density at radius 3 is 2.20 bits per heavy atom. The molecule has 15 heavy (non-hydrogen) atoms. The number of likely N-dealkylation sites (tertiary alicyclic amines) is 1. The summed E-state index contributed by atoms with van der Waals surface area (Å²) in [7, 11) is 0. The van der Waals surface area contributed by atoms with Crippen LogP contribution in [0.25, 0.3) is 0 Å². The van der Waals surface area contributed by atoms with Gasteiger partial charge in [0.2, 0.25) is 11.8 Å². The molecule has 4 heteroatoms. The van der Waals surface area contributed by atoms with Crippen molar-refractivity contribution in [3.05, 3.63) is 0 Å². The van der Waals surface area contributed by atoms with E-state index in [0.29, 0.717) is 6.54 Å². The molecule has 2 bridgehead atoms. The maximum atomic E-state index is 12.0. The van der Waals surface area contributed by atoms with Gasteiger partial charge in [-0.1, -0.05) is 6.92 Å². The van der Waals surface area contributed by atoms with E-state index in [1.165, 1.54) is 4.90 Å². The highest BCUT2D eigenvalue weighted by atomic mass is 16.5. The summed E-state index contributed by atoms with van der Waals surface area (Å²) < 4.78 is 5.64. The maximum absolute atomic E-state index is 12.0.